The molecule has 0 aliphatic heterocycles. The van der Waals surface area contributed by atoms with Crippen molar-refractivity contribution in [2.45, 2.75) is 6.92 Å². The van der Waals surface area contributed by atoms with Gasteiger partial charge in [0.15, 0.2) is 11.6 Å². The first-order valence-electron chi connectivity index (χ1n) is 12.6. The molecule has 1 aromatic heterocycles. The van der Waals surface area contributed by atoms with Gasteiger partial charge in [-0.1, -0.05) is 121 Å². The molecule has 42 heavy (non-hydrogen) atoms. The van der Waals surface area contributed by atoms with Crippen molar-refractivity contribution in [3.8, 4) is 0 Å². The first kappa shape index (κ1) is 31.8. The van der Waals surface area contributed by atoms with Crippen molar-refractivity contribution < 1.29 is 58.6 Å². The molecule has 1 heterocycles. The molecule has 0 aliphatic carbocycles. The molecule has 8 heteroatoms. The average Bonchev–Trinajstić information content (AvgIpc) is 3.41. The largest absolute Gasteiger partial charge is 1.00 e. The maximum atomic E-state index is 13.9. The number of aliphatic carboxylic acids is 1. The molecule has 7 nitrogen and oxygen atoms in total. The Morgan fingerprint density at radius 3 is 0.905 bits per heavy atom. The number of rotatable bonds is 8. The molecule has 0 fully saturated rings. The van der Waals surface area contributed by atoms with Crippen LogP contribution in [0, 0.1) is 0 Å². The molecule has 0 saturated heterocycles. The minimum absolute atomic E-state index is 0. The van der Waals surface area contributed by atoms with Crippen LogP contribution in [0.5, 0.6) is 0 Å². The van der Waals surface area contributed by atoms with Crippen LogP contribution in [0.3, 0.4) is 0 Å². The van der Waals surface area contributed by atoms with Crippen LogP contribution in [-0.2, 0) is 4.79 Å². The Hall–Kier alpha value is -4.69. The summed E-state index contributed by atoms with van der Waals surface area (Å²) in [4.78, 5) is 66.9. The number of aromatic amines is 1. The number of nitrogens with one attached hydrogen (secondary N) is 1. The molecule has 0 unspecified atom stereocenters. The Balaban J connectivity index is 0.000000911. The number of carbonyl (C=O) groups is 5. The number of hydrogen-bond acceptors (Lipinski definition) is 6. The molecule has 0 aliphatic rings. The number of carboxylic acid groups (broad SMARTS) is 1. The van der Waals surface area contributed by atoms with Crippen LogP contribution in [0.1, 0.15) is 70.9 Å². The number of aromatic nitrogens is 1. The fourth-order valence-corrected chi connectivity index (χ4v) is 4.23. The van der Waals surface area contributed by atoms with Gasteiger partial charge in [0.05, 0.1) is 22.5 Å². The number of benzene rings is 4. The number of H-pyrrole nitrogens is 1. The predicted molar refractivity (Wildman–Crippen MR) is 151 cm³/mol. The quantitative estimate of drug-likeness (QED) is 0.226. The molecule has 5 rings (SSSR count). The van der Waals surface area contributed by atoms with E-state index < -0.39 is 29.1 Å². The molecule has 0 atom stereocenters. The van der Waals surface area contributed by atoms with Crippen LogP contribution in [0.25, 0.3) is 0 Å². The second-order valence-corrected chi connectivity index (χ2v) is 8.90. The molecule has 5 aromatic rings. The van der Waals surface area contributed by atoms with E-state index in [0.717, 1.165) is 6.92 Å². The van der Waals surface area contributed by atoms with Crippen molar-refractivity contribution in [2.24, 2.45) is 0 Å². The third kappa shape index (κ3) is 7.33. The van der Waals surface area contributed by atoms with Crippen LogP contribution >= 0.6 is 0 Å². The van der Waals surface area contributed by atoms with Crippen molar-refractivity contribution >= 4 is 29.1 Å². The molecule has 0 bridgehead atoms. The number of ketones is 4. The summed E-state index contributed by atoms with van der Waals surface area (Å²) in [6, 6.07) is 33.7. The van der Waals surface area contributed by atoms with Gasteiger partial charge in [-0.3, -0.25) is 19.2 Å². The monoisotopic (exact) mass is 565 g/mol. The van der Waals surface area contributed by atoms with E-state index in [-0.39, 0.29) is 52.1 Å². The number of carbonyl (C=O) groups excluding carboxylic acids is 5. The summed E-state index contributed by atoms with van der Waals surface area (Å²) in [5.41, 5.74) is 0.805. The van der Waals surface area contributed by atoms with Crippen LogP contribution in [-0.4, -0.2) is 34.1 Å². The Morgan fingerprint density at radius 1 is 0.452 bits per heavy atom. The van der Waals surface area contributed by atoms with E-state index in [1.807, 2.05) is 0 Å². The minimum Gasteiger partial charge on any atom is -0.550 e. The zero-order valence-corrected chi connectivity index (χ0v) is 25.0. The first-order chi connectivity index (χ1) is 19.8. The standard InChI is InChI=1S/C32H21NO4.C2H4O2.Na/c34-29(21-13-5-1-6-14-21)25-26(30(35)22-15-7-2-8-16-22)28(32(37)24-19-11-4-12-20-24)33-27(25)31(36)23-17-9-3-10-18-23;1-2(3)4;/h1-20,33H;1H3,(H,3,4);/q;;+1/p-1. The van der Waals surface area contributed by atoms with Crippen LogP contribution in [0.15, 0.2) is 121 Å². The molecule has 1 N–H and O–H groups in total. The third-order valence-electron chi connectivity index (χ3n) is 6.05. The van der Waals surface area contributed by atoms with E-state index in [4.69, 9.17) is 9.90 Å². The Morgan fingerprint density at radius 2 is 0.667 bits per heavy atom. The van der Waals surface area contributed by atoms with Gasteiger partial charge in [-0.15, -0.1) is 0 Å². The fourth-order valence-electron chi connectivity index (χ4n) is 4.23. The zero-order chi connectivity index (χ0) is 29.4. The van der Waals surface area contributed by atoms with Gasteiger partial charge in [0.2, 0.25) is 11.6 Å². The van der Waals surface area contributed by atoms with Crippen molar-refractivity contribution in [3.63, 3.8) is 0 Å². The summed E-state index contributed by atoms with van der Waals surface area (Å²) in [6.45, 7) is 0.972. The molecular weight excluding hydrogens is 541 g/mol. The van der Waals surface area contributed by atoms with E-state index >= 15 is 0 Å². The van der Waals surface area contributed by atoms with E-state index in [9.17, 15) is 19.2 Å². The van der Waals surface area contributed by atoms with Gasteiger partial charge < -0.3 is 14.9 Å². The van der Waals surface area contributed by atoms with Gasteiger partial charge in [0.25, 0.3) is 0 Å². The maximum Gasteiger partial charge on any atom is 1.00 e. The summed E-state index contributed by atoms with van der Waals surface area (Å²) in [7, 11) is 0. The predicted octanol–water partition coefficient (Wildman–Crippen LogP) is 1.70. The van der Waals surface area contributed by atoms with Crippen molar-refractivity contribution in [1.82, 2.24) is 4.98 Å². The molecule has 0 saturated carbocycles. The van der Waals surface area contributed by atoms with Gasteiger partial charge in [-0.2, -0.15) is 0 Å². The topological polar surface area (TPSA) is 124 Å². The SMILES string of the molecule is CC(=O)[O-].O=C(c1ccccc1)c1[nH]c(C(=O)c2ccccc2)c(C(=O)c2ccccc2)c1C(=O)c1ccccc1.[Na+]. The van der Waals surface area contributed by atoms with Gasteiger partial charge in [0.1, 0.15) is 0 Å². The van der Waals surface area contributed by atoms with Crippen LogP contribution in [0.4, 0.5) is 0 Å². The zero-order valence-electron chi connectivity index (χ0n) is 23.0. The van der Waals surface area contributed by atoms with Crippen LogP contribution < -0.4 is 34.7 Å². The summed E-state index contributed by atoms with van der Waals surface area (Å²) in [6.07, 6.45) is 0. The van der Waals surface area contributed by atoms with E-state index in [1.165, 1.54) is 0 Å². The van der Waals surface area contributed by atoms with Gasteiger partial charge >= 0.3 is 29.6 Å². The van der Waals surface area contributed by atoms with Crippen molar-refractivity contribution in [2.75, 3.05) is 0 Å². The Kier molecular flexibility index (Phi) is 11.2. The number of hydrogen-bond donors (Lipinski definition) is 1. The second kappa shape index (κ2) is 14.8. The molecule has 4 aromatic carbocycles. The van der Waals surface area contributed by atoms with E-state index in [1.54, 1.807) is 121 Å². The third-order valence-corrected chi connectivity index (χ3v) is 6.05. The van der Waals surface area contributed by atoms with Crippen LogP contribution in [0.2, 0.25) is 0 Å². The molecule has 0 amide bonds. The number of carboxylic acids is 1. The smallest absolute Gasteiger partial charge is 0.550 e. The molecule has 202 valence electrons. The molecule has 0 radical (unpaired) electrons. The second-order valence-electron chi connectivity index (χ2n) is 8.90. The van der Waals surface area contributed by atoms with E-state index in [0.29, 0.717) is 22.3 Å². The fraction of sp³-hybridized carbons (Fsp3) is 0.0294. The average molecular weight is 566 g/mol. The Labute approximate surface area is 264 Å². The van der Waals surface area contributed by atoms with Gasteiger partial charge in [-0.25, -0.2) is 0 Å². The Bertz CT molecular complexity index is 1590. The molecular formula is C34H24NNaO6. The van der Waals surface area contributed by atoms with Gasteiger partial charge in [-0.05, 0) is 6.92 Å². The van der Waals surface area contributed by atoms with Crippen molar-refractivity contribution in [3.05, 3.63) is 166 Å². The summed E-state index contributed by atoms with van der Waals surface area (Å²) in [5, 5.41) is 8.89. The summed E-state index contributed by atoms with van der Waals surface area (Å²) >= 11 is 0. The summed E-state index contributed by atoms with van der Waals surface area (Å²) < 4.78 is 0. The maximum absolute atomic E-state index is 13.9. The summed E-state index contributed by atoms with van der Waals surface area (Å²) in [5.74, 6) is -3.12. The normalized spacial score (nSPS) is 9.93. The van der Waals surface area contributed by atoms with Crippen molar-refractivity contribution in [1.29, 1.82) is 0 Å². The minimum atomic E-state index is -1.08. The van der Waals surface area contributed by atoms with E-state index in [2.05, 4.69) is 4.98 Å². The van der Waals surface area contributed by atoms with Gasteiger partial charge in [0, 0.05) is 28.2 Å². The first-order valence-corrected chi connectivity index (χ1v) is 12.6. The molecule has 0 spiro atoms.